The summed E-state index contributed by atoms with van der Waals surface area (Å²) in [4.78, 5) is 21.8. The predicted octanol–water partition coefficient (Wildman–Crippen LogP) is 2.64. The Hall–Kier alpha value is -2.47. The highest BCUT2D eigenvalue weighted by molar-refractivity contribution is 5.75. The van der Waals surface area contributed by atoms with Crippen LogP contribution in [-0.4, -0.2) is 57.6 Å². The summed E-state index contributed by atoms with van der Waals surface area (Å²) in [6.07, 6.45) is 2.63. The van der Waals surface area contributed by atoms with Crippen molar-refractivity contribution >= 4 is 16.9 Å². The van der Waals surface area contributed by atoms with Gasteiger partial charge in [-0.2, -0.15) is 0 Å². The Morgan fingerprint density at radius 1 is 1.04 bits per heavy atom. The number of fused-ring (bicyclic) bond motifs is 1. The van der Waals surface area contributed by atoms with E-state index in [4.69, 9.17) is 4.98 Å². The second-order valence-corrected chi connectivity index (χ2v) is 7.19. The molecule has 136 valence electrons. The molecule has 1 saturated heterocycles. The molecule has 0 unspecified atom stereocenters. The number of benzene rings is 1. The largest absolute Gasteiger partial charge is 0.354 e. The van der Waals surface area contributed by atoms with Gasteiger partial charge in [0.1, 0.15) is 18.0 Å². The van der Waals surface area contributed by atoms with Crippen molar-refractivity contribution in [3.8, 4) is 0 Å². The van der Waals surface area contributed by atoms with E-state index in [2.05, 4.69) is 56.8 Å². The van der Waals surface area contributed by atoms with Crippen molar-refractivity contribution in [1.29, 1.82) is 0 Å². The monoisotopic (exact) mass is 350 g/mol. The van der Waals surface area contributed by atoms with E-state index in [-0.39, 0.29) is 0 Å². The number of aromatic amines is 1. The molecule has 6 nitrogen and oxygen atoms in total. The van der Waals surface area contributed by atoms with Crippen LogP contribution in [0.3, 0.4) is 0 Å². The van der Waals surface area contributed by atoms with Crippen molar-refractivity contribution in [2.24, 2.45) is 0 Å². The maximum atomic E-state index is 4.71. The molecule has 2 aromatic heterocycles. The number of aryl methyl sites for hydroxylation is 2. The summed E-state index contributed by atoms with van der Waals surface area (Å²) in [5.74, 6) is 2.17. The molecule has 6 heteroatoms. The van der Waals surface area contributed by atoms with Crippen molar-refractivity contribution in [1.82, 2.24) is 24.8 Å². The van der Waals surface area contributed by atoms with Gasteiger partial charge >= 0.3 is 0 Å². The van der Waals surface area contributed by atoms with Crippen molar-refractivity contribution in [2.75, 3.05) is 37.6 Å². The number of piperazine rings is 1. The van der Waals surface area contributed by atoms with E-state index < -0.39 is 0 Å². The molecule has 4 rings (SSSR count). The van der Waals surface area contributed by atoms with Crippen LogP contribution in [-0.2, 0) is 6.42 Å². The van der Waals surface area contributed by atoms with Gasteiger partial charge in [0.25, 0.3) is 0 Å². The first-order chi connectivity index (χ1) is 12.6. The minimum atomic E-state index is 0.958. The molecule has 0 amide bonds. The second-order valence-electron chi connectivity index (χ2n) is 7.19. The average Bonchev–Trinajstić information content (AvgIpc) is 3.05. The fourth-order valence-electron chi connectivity index (χ4n) is 3.59. The third-order valence-electron chi connectivity index (χ3n) is 5.33. The molecule has 3 heterocycles. The van der Waals surface area contributed by atoms with E-state index in [1.807, 2.05) is 6.92 Å². The van der Waals surface area contributed by atoms with Crippen LogP contribution < -0.4 is 4.90 Å². The van der Waals surface area contributed by atoms with Gasteiger partial charge in [-0.3, -0.25) is 4.90 Å². The van der Waals surface area contributed by atoms with Gasteiger partial charge in [-0.25, -0.2) is 15.0 Å². The molecular weight excluding hydrogens is 324 g/mol. The zero-order valence-corrected chi connectivity index (χ0v) is 15.8. The summed E-state index contributed by atoms with van der Waals surface area (Å²) >= 11 is 0. The maximum Gasteiger partial charge on any atom is 0.135 e. The Morgan fingerprint density at radius 2 is 1.85 bits per heavy atom. The van der Waals surface area contributed by atoms with Gasteiger partial charge in [0.15, 0.2) is 0 Å². The molecule has 1 fully saturated rings. The van der Waals surface area contributed by atoms with E-state index in [1.165, 1.54) is 11.1 Å². The van der Waals surface area contributed by atoms with Crippen molar-refractivity contribution in [3.63, 3.8) is 0 Å². The Labute approximate surface area is 154 Å². The number of anilines is 1. The first kappa shape index (κ1) is 17.0. The highest BCUT2D eigenvalue weighted by Crippen LogP contribution is 2.20. The molecule has 26 heavy (non-hydrogen) atoms. The summed E-state index contributed by atoms with van der Waals surface area (Å²) in [6.45, 7) is 11.4. The molecule has 0 spiro atoms. The zero-order valence-electron chi connectivity index (χ0n) is 15.8. The van der Waals surface area contributed by atoms with E-state index in [9.17, 15) is 0 Å². The Kier molecular flexibility index (Phi) is 4.59. The second kappa shape index (κ2) is 7.03. The van der Waals surface area contributed by atoms with Gasteiger partial charge in [0.2, 0.25) is 0 Å². The SMILES string of the molecule is Cc1ccc2nc(CCN3CCN(c4ncnc(C)c4C)CC3)[nH]c2c1. The Bertz CT molecular complexity index is 908. The molecule has 3 aromatic rings. The third-order valence-corrected chi connectivity index (χ3v) is 5.33. The lowest BCUT2D eigenvalue weighted by molar-refractivity contribution is 0.259. The molecule has 0 bridgehead atoms. The summed E-state index contributed by atoms with van der Waals surface area (Å²) in [5.41, 5.74) is 5.72. The van der Waals surface area contributed by atoms with Crippen molar-refractivity contribution in [2.45, 2.75) is 27.2 Å². The molecule has 0 saturated carbocycles. The summed E-state index contributed by atoms with van der Waals surface area (Å²) < 4.78 is 0. The van der Waals surface area contributed by atoms with Crippen LogP contribution in [0.15, 0.2) is 24.5 Å². The van der Waals surface area contributed by atoms with E-state index in [0.29, 0.717) is 0 Å². The standard InChI is InChI=1S/C20H26N6/c1-14-4-5-17-18(12-14)24-19(23-17)6-7-25-8-10-26(11-9-25)20-15(2)16(3)21-13-22-20/h4-5,12-13H,6-11H2,1-3H3,(H,23,24). The fourth-order valence-corrected chi connectivity index (χ4v) is 3.59. The summed E-state index contributed by atoms with van der Waals surface area (Å²) in [7, 11) is 0. The normalized spacial score (nSPS) is 15.7. The number of nitrogens with zero attached hydrogens (tertiary/aromatic N) is 5. The summed E-state index contributed by atoms with van der Waals surface area (Å²) in [6, 6.07) is 6.37. The van der Waals surface area contributed by atoms with Crippen LogP contribution in [0, 0.1) is 20.8 Å². The van der Waals surface area contributed by atoms with Crippen LogP contribution in [0.4, 0.5) is 5.82 Å². The van der Waals surface area contributed by atoms with Crippen LogP contribution in [0.1, 0.15) is 22.6 Å². The van der Waals surface area contributed by atoms with Crippen molar-refractivity contribution < 1.29 is 0 Å². The zero-order chi connectivity index (χ0) is 18.1. The molecular formula is C20H26N6. The van der Waals surface area contributed by atoms with Crippen LogP contribution in [0.2, 0.25) is 0 Å². The Balaban J connectivity index is 1.34. The van der Waals surface area contributed by atoms with Crippen molar-refractivity contribution in [3.05, 3.63) is 47.2 Å². The van der Waals surface area contributed by atoms with E-state index >= 15 is 0 Å². The number of hydrogen-bond donors (Lipinski definition) is 1. The number of H-pyrrole nitrogens is 1. The van der Waals surface area contributed by atoms with E-state index in [1.54, 1.807) is 6.33 Å². The summed E-state index contributed by atoms with van der Waals surface area (Å²) in [5, 5.41) is 0. The minimum absolute atomic E-state index is 0.958. The Morgan fingerprint density at radius 3 is 2.65 bits per heavy atom. The highest BCUT2D eigenvalue weighted by atomic mass is 15.3. The molecule has 0 radical (unpaired) electrons. The first-order valence-electron chi connectivity index (χ1n) is 9.31. The maximum absolute atomic E-state index is 4.71. The molecule has 1 N–H and O–H groups in total. The quantitative estimate of drug-likeness (QED) is 0.784. The third kappa shape index (κ3) is 3.42. The lowest BCUT2D eigenvalue weighted by Crippen LogP contribution is -2.47. The molecule has 0 aliphatic carbocycles. The molecule has 1 aliphatic rings. The number of imidazole rings is 1. The first-order valence-corrected chi connectivity index (χ1v) is 9.31. The number of hydrogen-bond acceptors (Lipinski definition) is 5. The fraction of sp³-hybridized carbons (Fsp3) is 0.450. The van der Waals surface area contributed by atoms with Crippen LogP contribution in [0.5, 0.6) is 0 Å². The number of aromatic nitrogens is 4. The number of nitrogens with one attached hydrogen (secondary N) is 1. The van der Waals surface area contributed by atoms with Crippen LogP contribution in [0.25, 0.3) is 11.0 Å². The molecule has 1 aromatic carbocycles. The minimum Gasteiger partial charge on any atom is -0.354 e. The van der Waals surface area contributed by atoms with Gasteiger partial charge in [-0.1, -0.05) is 6.07 Å². The number of rotatable bonds is 4. The highest BCUT2D eigenvalue weighted by Gasteiger charge is 2.20. The average molecular weight is 350 g/mol. The van der Waals surface area contributed by atoms with Gasteiger partial charge in [-0.05, 0) is 38.5 Å². The van der Waals surface area contributed by atoms with Crippen LogP contribution >= 0.6 is 0 Å². The van der Waals surface area contributed by atoms with Gasteiger partial charge in [-0.15, -0.1) is 0 Å². The van der Waals surface area contributed by atoms with Gasteiger partial charge < -0.3 is 9.88 Å². The smallest absolute Gasteiger partial charge is 0.135 e. The van der Waals surface area contributed by atoms with Gasteiger partial charge in [0, 0.05) is 50.4 Å². The predicted molar refractivity (Wildman–Crippen MR) is 105 cm³/mol. The lowest BCUT2D eigenvalue weighted by atomic mass is 10.2. The molecule has 1 aliphatic heterocycles. The van der Waals surface area contributed by atoms with E-state index in [0.717, 1.165) is 67.5 Å². The topological polar surface area (TPSA) is 60.9 Å². The lowest BCUT2D eigenvalue weighted by Gasteiger charge is -2.36. The molecule has 0 atom stereocenters. The van der Waals surface area contributed by atoms with Gasteiger partial charge in [0.05, 0.1) is 11.0 Å².